The first-order valence-corrected chi connectivity index (χ1v) is 12.7. The maximum atomic E-state index is 12.9. The van der Waals surface area contributed by atoms with Gasteiger partial charge >= 0.3 is 6.09 Å². The van der Waals surface area contributed by atoms with Crippen molar-refractivity contribution in [2.45, 2.75) is 19.1 Å². The maximum absolute atomic E-state index is 12.9. The lowest BCUT2D eigenvalue weighted by molar-refractivity contribution is -0.118. The Hall–Kier alpha value is -3.85. The SMILES string of the molecule is CS(=O)(=O)CCC(NC(=O)OCc1ccccc1)C(=O)Nc1ccc2c(c1)oc1ccccc12. The summed E-state index contributed by atoms with van der Waals surface area (Å²) in [4.78, 5) is 25.2. The van der Waals surface area contributed by atoms with E-state index < -0.39 is 27.9 Å². The monoisotopic (exact) mass is 480 g/mol. The van der Waals surface area contributed by atoms with Crippen LogP contribution in [0.2, 0.25) is 0 Å². The highest BCUT2D eigenvalue weighted by Gasteiger charge is 2.23. The molecule has 1 heterocycles. The van der Waals surface area contributed by atoms with E-state index in [-0.39, 0.29) is 18.8 Å². The normalized spacial score (nSPS) is 12.4. The van der Waals surface area contributed by atoms with E-state index in [1.165, 1.54) is 0 Å². The van der Waals surface area contributed by atoms with Gasteiger partial charge in [0, 0.05) is 28.8 Å². The van der Waals surface area contributed by atoms with Crippen LogP contribution in [0.1, 0.15) is 12.0 Å². The number of amides is 2. The van der Waals surface area contributed by atoms with Crippen molar-refractivity contribution in [1.82, 2.24) is 5.32 Å². The molecule has 0 radical (unpaired) electrons. The molecule has 1 aromatic heterocycles. The number of anilines is 1. The summed E-state index contributed by atoms with van der Waals surface area (Å²) in [7, 11) is -3.35. The molecule has 0 aliphatic carbocycles. The van der Waals surface area contributed by atoms with Crippen LogP contribution in [0.4, 0.5) is 10.5 Å². The molecule has 1 atom stereocenters. The second-order valence-electron chi connectivity index (χ2n) is 7.98. The first-order valence-electron chi connectivity index (χ1n) is 10.7. The molecule has 0 aliphatic heterocycles. The van der Waals surface area contributed by atoms with Gasteiger partial charge in [0.25, 0.3) is 0 Å². The Labute approximate surface area is 196 Å². The predicted octanol–water partition coefficient (Wildman–Crippen LogP) is 4.25. The molecule has 0 saturated carbocycles. The zero-order valence-electron chi connectivity index (χ0n) is 18.5. The van der Waals surface area contributed by atoms with Crippen LogP contribution in [0.3, 0.4) is 0 Å². The zero-order chi connectivity index (χ0) is 24.1. The standard InChI is InChI=1S/C25H24N2O6S/c1-34(30,31)14-13-21(27-25(29)32-16-17-7-3-2-4-8-17)24(28)26-18-11-12-20-19-9-5-6-10-22(19)33-23(20)15-18/h2-12,15,21H,13-14,16H2,1H3,(H,26,28)(H,27,29). The molecule has 0 aliphatic rings. The van der Waals surface area contributed by atoms with E-state index >= 15 is 0 Å². The zero-order valence-corrected chi connectivity index (χ0v) is 19.3. The summed E-state index contributed by atoms with van der Waals surface area (Å²) >= 11 is 0. The molecule has 176 valence electrons. The van der Waals surface area contributed by atoms with Crippen molar-refractivity contribution in [1.29, 1.82) is 0 Å². The van der Waals surface area contributed by atoms with Crippen molar-refractivity contribution in [3.63, 3.8) is 0 Å². The molecule has 0 bridgehead atoms. The predicted molar refractivity (Wildman–Crippen MR) is 130 cm³/mol. The first-order chi connectivity index (χ1) is 16.3. The van der Waals surface area contributed by atoms with E-state index in [0.29, 0.717) is 11.3 Å². The van der Waals surface area contributed by atoms with E-state index in [1.54, 1.807) is 24.3 Å². The van der Waals surface area contributed by atoms with Crippen molar-refractivity contribution >= 4 is 49.5 Å². The lowest BCUT2D eigenvalue weighted by atomic mass is 10.1. The first kappa shape index (κ1) is 23.3. The van der Waals surface area contributed by atoms with E-state index in [1.807, 2.05) is 48.5 Å². The van der Waals surface area contributed by atoms with Gasteiger partial charge in [0.05, 0.1) is 5.75 Å². The molecule has 1 unspecified atom stereocenters. The number of sulfone groups is 1. The highest BCUT2D eigenvalue weighted by Crippen LogP contribution is 2.30. The molecule has 9 heteroatoms. The molecule has 2 amide bonds. The third-order valence-corrected chi connectivity index (χ3v) is 6.22. The van der Waals surface area contributed by atoms with Crippen molar-refractivity contribution < 1.29 is 27.2 Å². The summed E-state index contributed by atoms with van der Waals surface area (Å²) < 4.78 is 34.3. The van der Waals surface area contributed by atoms with E-state index in [4.69, 9.17) is 9.15 Å². The highest BCUT2D eigenvalue weighted by atomic mass is 32.2. The van der Waals surface area contributed by atoms with Gasteiger partial charge in [-0.15, -0.1) is 0 Å². The molecule has 4 aromatic rings. The van der Waals surface area contributed by atoms with Crippen LogP contribution in [-0.4, -0.2) is 38.5 Å². The summed E-state index contributed by atoms with van der Waals surface area (Å²) in [5.41, 5.74) is 2.58. The van der Waals surface area contributed by atoms with Crippen LogP contribution >= 0.6 is 0 Å². The Balaban J connectivity index is 1.46. The number of nitrogens with one attached hydrogen (secondary N) is 2. The Kier molecular flexibility index (Phi) is 6.83. The van der Waals surface area contributed by atoms with E-state index in [9.17, 15) is 18.0 Å². The highest BCUT2D eigenvalue weighted by molar-refractivity contribution is 7.90. The van der Waals surface area contributed by atoms with Crippen LogP contribution < -0.4 is 10.6 Å². The minimum absolute atomic E-state index is 0.0236. The molecule has 34 heavy (non-hydrogen) atoms. The third-order valence-electron chi connectivity index (χ3n) is 5.24. The number of ether oxygens (including phenoxy) is 1. The summed E-state index contributed by atoms with van der Waals surface area (Å²) in [5, 5.41) is 7.08. The number of carbonyl (C=O) groups is 2. The van der Waals surface area contributed by atoms with Gasteiger partial charge in [-0.2, -0.15) is 0 Å². The minimum atomic E-state index is -3.35. The smallest absolute Gasteiger partial charge is 0.408 e. The van der Waals surface area contributed by atoms with E-state index in [2.05, 4.69) is 10.6 Å². The molecule has 3 aromatic carbocycles. The van der Waals surface area contributed by atoms with Crippen LogP contribution in [0.15, 0.2) is 77.2 Å². The molecule has 0 saturated heterocycles. The number of carbonyl (C=O) groups excluding carboxylic acids is 2. The van der Waals surface area contributed by atoms with Crippen molar-refractivity contribution in [3.8, 4) is 0 Å². The maximum Gasteiger partial charge on any atom is 0.408 e. The molecular weight excluding hydrogens is 456 g/mol. The Morgan fingerprint density at radius 2 is 1.65 bits per heavy atom. The summed E-state index contributed by atoms with van der Waals surface area (Å²) in [6.45, 7) is 0.0236. The summed E-state index contributed by atoms with van der Waals surface area (Å²) in [5.74, 6) is -0.831. The van der Waals surface area contributed by atoms with Crippen LogP contribution in [0, 0.1) is 0 Å². The van der Waals surface area contributed by atoms with Gasteiger partial charge < -0.3 is 19.8 Å². The topological polar surface area (TPSA) is 115 Å². The van der Waals surface area contributed by atoms with Gasteiger partial charge in [0.2, 0.25) is 5.91 Å². The largest absolute Gasteiger partial charge is 0.456 e. The van der Waals surface area contributed by atoms with Gasteiger partial charge in [0.15, 0.2) is 0 Å². The fraction of sp³-hybridized carbons (Fsp3) is 0.200. The average Bonchev–Trinajstić information content (AvgIpc) is 3.18. The van der Waals surface area contributed by atoms with Crippen LogP contribution in [0.5, 0.6) is 0 Å². The fourth-order valence-corrected chi connectivity index (χ4v) is 4.20. The molecule has 4 rings (SSSR count). The second kappa shape index (κ2) is 9.96. The Bertz CT molecular complexity index is 1430. The number of fused-ring (bicyclic) bond motifs is 3. The molecule has 0 spiro atoms. The lowest BCUT2D eigenvalue weighted by Crippen LogP contribution is -2.45. The quantitative estimate of drug-likeness (QED) is 0.390. The molecule has 2 N–H and O–H groups in total. The number of alkyl carbamates (subject to hydrolysis) is 1. The Morgan fingerprint density at radius 1 is 0.941 bits per heavy atom. The summed E-state index contributed by atoms with van der Waals surface area (Å²) in [6.07, 6.45) is 0.161. The number of furan rings is 1. The van der Waals surface area contributed by atoms with Crippen molar-refractivity contribution in [2.75, 3.05) is 17.3 Å². The lowest BCUT2D eigenvalue weighted by Gasteiger charge is -2.18. The number of rotatable bonds is 8. The van der Waals surface area contributed by atoms with Gasteiger partial charge in [-0.3, -0.25) is 4.79 Å². The number of para-hydroxylation sites is 1. The average molecular weight is 481 g/mol. The molecule has 0 fully saturated rings. The van der Waals surface area contributed by atoms with Crippen molar-refractivity contribution in [3.05, 3.63) is 78.4 Å². The number of hydrogen-bond donors (Lipinski definition) is 2. The number of hydrogen-bond acceptors (Lipinski definition) is 6. The van der Waals surface area contributed by atoms with Crippen LogP contribution in [0.25, 0.3) is 21.9 Å². The number of benzene rings is 3. The molecular formula is C25H24N2O6S. The van der Waals surface area contributed by atoms with Gasteiger partial charge in [0.1, 0.15) is 33.7 Å². The van der Waals surface area contributed by atoms with E-state index in [0.717, 1.165) is 28.2 Å². The van der Waals surface area contributed by atoms with Crippen LogP contribution in [-0.2, 0) is 26.0 Å². The molecule has 8 nitrogen and oxygen atoms in total. The van der Waals surface area contributed by atoms with Gasteiger partial charge in [-0.1, -0.05) is 48.5 Å². The Morgan fingerprint density at radius 3 is 2.41 bits per heavy atom. The third kappa shape index (κ3) is 5.93. The second-order valence-corrected chi connectivity index (χ2v) is 10.2. The minimum Gasteiger partial charge on any atom is -0.456 e. The van der Waals surface area contributed by atoms with Gasteiger partial charge in [-0.05, 0) is 30.2 Å². The van der Waals surface area contributed by atoms with Gasteiger partial charge in [-0.25, -0.2) is 13.2 Å². The fourth-order valence-electron chi connectivity index (χ4n) is 3.54. The van der Waals surface area contributed by atoms with Crippen molar-refractivity contribution in [2.24, 2.45) is 0 Å². The summed E-state index contributed by atoms with van der Waals surface area (Å²) in [6, 6.07) is 20.8.